The summed E-state index contributed by atoms with van der Waals surface area (Å²) in [4.78, 5) is 27.3. The van der Waals surface area contributed by atoms with Crippen molar-refractivity contribution in [3.8, 4) is 5.75 Å². The zero-order valence-corrected chi connectivity index (χ0v) is 23.8. The third-order valence-corrected chi connectivity index (χ3v) is 10.2. The predicted octanol–water partition coefficient (Wildman–Crippen LogP) is 4.44. The van der Waals surface area contributed by atoms with E-state index in [1.54, 1.807) is 52.5 Å². The first kappa shape index (κ1) is 28.2. The van der Waals surface area contributed by atoms with E-state index < -0.39 is 10.0 Å². The summed E-state index contributed by atoms with van der Waals surface area (Å²) >= 11 is 1.59. The van der Waals surface area contributed by atoms with Crippen molar-refractivity contribution < 1.29 is 22.7 Å². The number of rotatable bonds is 10. The van der Waals surface area contributed by atoms with E-state index in [2.05, 4.69) is 5.32 Å². The maximum Gasteiger partial charge on any atom is 0.251 e. The number of sulfonamides is 1. The molecule has 5 rings (SSSR count). The Balaban J connectivity index is 1.09. The molecule has 10 heteroatoms. The van der Waals surface area contributed by atoms with Gasteiger partial charge in [0.2, 0.25) is 15.9 Å². The fourth-order valence-corrected chi connectivity index (χ4v) is 7.58. The van der Waals surface area contributed by atoms with E-state index in [9.17, 15) is 18.0 Å². The Morgan fingerprint density at radius 2 is 1.62 bits per heavy atom. The van der Waals surface area contributed by atoms with Gasteiger partial charge in [-0.3, -0.25) is 9.59 Å². The number of carbonyl (C=O) groups is 2. The fourth-order valence-electron chi connectivity index (χ4n) is 4.88. The second-order valence-electron chi connectivity index (χ2n) is 9.83. The molecule has 40 heavy (non-hydrogen) atoms. The van der Waals surface area contributed by atoms with Crippen LogP contribution in [-0.2, 0) is 21.4 Å². The van der Waals surface area contributed by atoms with Gasteiger partial charge in [-0.1, -0.05) is 48.9 Å². The van der Waals surface area contributed by atoms with Crippen molar-refractivity contribution in [1.29, 1.82) is 0 Å². The second-order valence-corrected chi connectivity index (χ2v) is 12.8. The lowest BCUT2D eigenvalue weighted by Gasteiger charge is -2.25. The van der Waals surface area contributed by atoms with Crippen LogP contribution < -0.4 is 10.1 Å². The standard InChI is InChI=1S/C30H33N3O5S2/c34-28-22-39-30(33(28)21-23-7-3-1-4-8-23)25-11-9-24(10-12-25)29(35)31-17-20-38-26-13-15-27(16-14-26)40(36,37)32-18-5-2-6-19-32/h1,3-4,7-16,30H,2,5-6,17-22H2,(H,31,35)/t30-/m0/s1. The summed E-state index contributed by atoms with van der Waals surface area (Å²) in [5.74, 6) is 0.879. The summed E-state index contributed by atoms with van der Waals surface area (Å²) in [6.45, 7) is 2.23. The van der Waals surface area contributed by atoms with E-state index in [1.165, 1.54) is 0 Å². The Morgan fingerprint density at radius 1 is 0.925 bits per heavy atom. The van der Waals surface area contributed by atoms with E-state index in [0.29, 0.717) is 43.2 Å². The van der Waals surface area contributed by atoms with Crippen molar-refractivity contribution in [2.45, 2.75) is 36.1 Å². The normalized spacial score (nSPS) is 18.1. The van der Waals surface area contributed by atoms with Gasteiger partial charge in [-0.25, -0.2) is 8.42 Å². The highest BCUT2D eigenvalue weighted by atomic mass is 32.2. The average molecular weight is 580 g/mol. The Labute approximate surface area is 239 Å². The van der Waals surface area contributed by atoms with Crippen molar-refractivity contribution in [3.63, 3.8) is 0 Å². The number of hydrogen-bond donors (Lipinski definition) is 1. The first-order valence-electron chi connectivity index (χ1n) is 13.5. The van der Waals surface area contributed by atoms with E-state index >= 15 is 0 Å². The van der Waals surface area contributed by atoms with E-state index in [0.717, 1.165) is 30.4 Å². The molecule has 0 saturated carbocycles. The average Bonchev–Trinajstić information content (AvgIpc) is 3.36. The number of benzene rings is 3. The third-order valence-electron chi connectivity index (χ3n) is 7.05. The zero-order chi connectivity index (χ0) is 28.0. The number of thioether (sulfide) groups is 1. The molecule has 2 fully saturated rings. The van der Waals surface area contributed by atoms with Crippen molar-refractivity contribution in [1.82, 2.24) is 14.5 Å². The number of piperidine rings is 1. The molecule has 0 spiro atoms. The maximum absolute atomic E-state index is 12.8. The fraction of sp³-hybridized carbons (Fsp3) is 0.333. The van der Waals surface area contributed by atoms with Crippen LogP contribution in [0.3, 0.4) is 0 Å². The Bertz CT molecular complexity index is 1410. The molecular formula is C30H33N3O5S2. The second kappa shape index (κ2) is 12.9. The molecule has 2 saturated heterocycles. The lowest BCUT2D eigenvalue weighted by Crippen LogP contribution is -2.35. The number of carbonyl (C=O) groups excluding carboxylic acids is 2. The van der Waals surface area contributed by atoms with Crippen LogP contribution in [0.1, 0.15) is 46.1 Å². The van der Waals surface area contributed by atoms with Crippen LogP contribution >= 0.6 is 11.8 Å². The summed E-state index contributed by atoms with van der Waals surface area (Å²) in [5.41, 5.74) is 2.59. The molecule has 0 aliphatic carbocycles. The first-order valence-corrected chi connectivity index (χ1v) is 16.0. The molecule has 2 heterocycles. The Kier molecular flexibility index (Phi) is 9.08. The largest absolute Gasteiger partial charge is 0.492 e. The minimum atomic E-state index is -3.47. The monoisotopic (exact) mass is 579 g/mol. The Morgan fingerprint density at radius 3 is 2.33 bits per heavy atom. The van der Waals surface area contributed by atoms with Crippen LogP contribution in [0.15, 0.2) is 83.8 Å². The molecule has 0 unspecified atom stereocenters. The third kappa shape index (κ3) is 6.68. The van der Waals surface area contributed by atoms with Crippen LogP contribution in [0.25, 0.3) is 0 Å². The molecule has 1 N–H and O–H groups in total. The molecule has 3 aromatic carbocycles. The first-order chi connectivity index (χ1) is 19.4. The molecule has 0 bridgehead atoms. The zero-order valence-electron chi connectivity index (χ0n) is 22.2. The van der Waals surface area contributed by atoms with Gasteiger partial charge in [0.05, 0.1) is 17.2 Å². The lowest BCUT2D eigenvalue weighted by molar-refractivity contribution is -0.128. The molecule has 1 atom stereocenters. The van der Waals surface area contributed by atoms with Crippen molar-refractivity contribution in [2.24, 2.45) is 0 Å². The van der Waals surface area contributed by atoms with Gasteiger partial charge in [-0.15, -0.1) is 11.8 Å². The molecule has 210 valence electrons. The van der Waals surface area contributed by atoms with Crippen LogP contribution in [-0.4, -0.2) is 61.4 Å². The number of nitrogens with zero attached hydrogens (tertiary/aromatic N) is 2. The minimum absolute atomic E-state index is 0.0838. The van der Waals surface area contributed by atoms with Gasteiger partial charge in [0.25, 0.3) is 5.91 Å². The van der Waals surface area contributed by atoms with Crippen LogP contribution in [0.5, 0.6) is 5.75 Å². The highest BCUT2D eigenvalue weighted by Gasteiger charge is 2.32. The molecule has 2 aliphatic rings. The topological polar surface area (TPSA) is 96.0 Å². The number of hydrogen-bond acceptors (Lipinski definition) is 6. The summed E-state index contributed by atoms with van der Waals surface area (Å²) < 4.78 is 32.8. The highest BCUT2D eigenvalue weighted by molar-refractivity contribution is 8.00. The van der Waals surface area contributed by atoms with Gasteiger partial charge in [0.15, 0.2) is 0 Å². The highest BCUT2D eigenvalue weighted by Crippen LogP contribution is 2.39. The summed E-state index contributed by atoms with van der Waals surface area (Å²) in [6.07, 6.45) is 2.85. The van der Waals surface area contributed by atoms with E-state index in [1.807, 2.05) is 47.4 Å². The molecule has 2 amide bonds. The number of ether oxygens (including phenoxy) is 1. The van der Waals surface area contributed by atoms with Crippen molar-refractivity contribution in [3.05, 3.63) is 95.6 Å². The van der Waals surface area contributed by atoms with E-state index in [4.69, 9.17) is 4.74 Å². The summed E-state index contributed by atoms with van der Waals surface area (Å²) in [7, 11) is -3.47. The van der Waals surface area contributed by atoms with Gasteiger partial charge in [-0.05, 0) is 60.4 Å². The molecule has 2 aliphatic heterocycles. The molecular weight excluding hydrogens is 546 g/mol. The quantitative estimate of drug-likeness (QED) is 0.357. The smallest absolute Gasteiger partial charge is 0.251 e. The van der Waals surface area contributed by atoms with Gasteiger partial charge >= 0.3 is 0 Å². The predicted molar refractivity (Wildman–Crippen MR) is 156 cm³/mol. The van der Waals surface area contributed by atoms with Crippen LogP contribution in [0, 0.1) is 0 Å². The van der Waals surface area contributed by atoms with Gasteiger partial charge in [0, 0.05) is 25.2 Å². The van der Waals surface area contributed by atoms with Crippen LogP contribution in [0.2, 0.25) is 0 Å². The lowest BCUT2D eigenvalue weighted by atomic mass is 10.1. The van der Waals surface area contributed by atoms with Crippen molar-refractivity contribution in [2.75, 3.05) is 32.0 Å². The molecule has 8 nitrogen and oxygen atoms in total. The maximum atomic E-state index is 12.8. The number of nitrogens with one attached hydrogen (secondary N) is 1. The minimum Gasteiger partial charge on any atom is -0.492 e. The van der Waals surface area contributed by atoms with Crippen LogP contribution in [0.4, 0.5) is 0 Å². The Hall–Kier alpha value is -3.34. The molecule has 0 aromatic heterocycles. The van der Waals surface area contributed by atoms with E-state index in [-0.39, 0.29) is 28.7 Å². The SMILES string of the molecule is O=C(NCCOc1ccc(S(=O)(=O)N2CCCCC2)cc1)c1ccc([C@@H]2SCC(=O)N2Cc2ccccc2)cc1. The summed E-state index contributed by atoms with van der Waals surface area (Å²) in [6, 6.07) is 23.7. The van der Waals surface area contributed by atoms with Gasteiger partial charge < -0.3 is 15.0 Å². The van der Waals surface area contributed by atoms with Gasteiger partial charge in [-0.2, -0.15) is 4.31 Å². The molecule has 0 radical (unpaired) electrons. The van der Waals surface area contributed by atoms with Gasteiger partial charge in [0.1, 0.15) is 17.7 Å². The van der Waals surface area contributed by atoms with Crippen molar-refractivity contribution >= 4 is 33.6 Å². The number of amides is 2. The molecule has 3 aromatic rings. The summed E-state index contributed by atoms with van der Waals surface area (Å²) in [5, 5.41) is 2.77.